The minimum atomic E-state index is 0.280. The van der Waals surface area contributed by atoms with E-state index in [-0.39, 0.29) is 6.79 Å². The SMILES string of the molecule is c1ccc(Cn2cc(CN3CCOCC3)c(-c3ccc4c(c3)OCO4)n2)cc1. The van der Waals surface area contributed by atoms with Crippen molar-refractivity contribution in [2.24, 2.45) is 0 Å². The fraction of sp³-hybridized carbons (Fsp3) is 0.318. The molecule has 6 heteroatoms. The molecule has 0 spiro atoms. The molecule has 0 bridgehead atoms. The number of hydrogen-bond acceptors (Lipinski definition) is 5. The number of benzene rings is 2. The Balaban J connectivity index is 1.47. The van der Waals surface area contributed by atoms with Crippen LogP contribution >= 0.6 is 0 Å². The highest BCUT2D eigenvalue weighted by molar-refractivity contribution is 5.67. The molecule has 28 heavy (non-hydrogen) atoms. The summed E-state index contributed by atoms with van der Waals surface area (Å²) >= 11 is 0. The van der Waals surface area contributed by atoms with Crippen molar-refractivity contribution in [2.45, 2.75) is 13.1 Å². The molecule has 0 atom stereocenters. The fourth-order valence-corrected chi connectivity index (χ4v) is 3.72. The van der Waals surface area contributed by atoms with Gasteiger partial charge in [0.1, 0.15) is 0 Å². The average Bonchev–Trinajstić information content (AvgIpc) is 3.36. The Morgan fingerprint density at radius 1 is 0.893 bits per heavy atom. The van der Waals surface area contributed by atoms with E-state index < -0.39 is 0 Å². The third-order valence-electron chi connectivity index (χ3n) is 5.17. The molecule has 1 fully saturated rings. The van der Waals surface area contributed by atoms with Crippen molar-refractivity contribution >= 4 is 0 Å². The van der Waals surface area contributed by atoms with Gasteiger partial charge in [0.15, 0.2) is 11.5 Å². The maximum absolute atomic E-state index is 5.57. The predicted octanol–water partition coefficient (Wildman–Crippen LogP) is 3.16. The van der Waals surface area contributed by atoms with Gasteiger partial charge in [0.25, 0.3) is 0 Å². The van der Waals surface area contributed by atoms with Crippen LogP contribution in [0.25, 0.3) is 11.3 Å². The number of morpholine rings is 1. The Morgan fingerprint density at radius 2 is 1.71 bits per heavy atom. The van der Waals surface area contributed by atoms with E-state index in [1.807, 2.05) is 22.9 Å². The zero-order chi connectivity index (χ0) is 18.8. The zero-order valence-electron chi connectivity index (χ0n) is 15.7. The molecule has 1 aromatic heterocycles. The lowest BCUT2D eigenvalue weighted by Gasteiger charge is -2.26. The first-order chi connectivity index (χ1) is 13.8. The molecular weight excluding hydrogens is 354 g/mol. The van der Waals surface area contributed by atoms with E-state index >= 15 is 0 Å². The van der Waals surface area contributed by atoms with E-state index in [9.17, 15) is 0 Å². The smallest absolute Gasteiger partial charge is 0.231 e. The second kappa shape index (κ2) is 7.66. The molecule has 0 radical (unpaired) electrons. The van der Waals surface area contributed by atoms with Crippen molar-refractivity contribution in [1.82, 2.24) is 14.7 Å². The van der Waals surface area contributed by atoms with E-state index in [0.717, 1.165) is 62.1 Å². The Labute approximate surface area is 164 Å². The third kappa shape index (κ3) is 3.61. The van der Waals surface area contributed by atoms with Crippen LogP contribution in [0.3, 0.4) is 0 Å². The summed E-state index contributed by atoms with van der Waals surface area (Å²) in [5, 5.41) is 4.93. The molecule has 2 aliphatic rings. The topological polar surface area (TPSA) is 48.8 Å². The first-order valence-corrected chi connectivity index (χ1v) is 9.65. The van der Waals surface area contributed by atoms with Gasteiger partial charge in [-0.1, -0.05) is 30.3 Å². The lowest BCUT2D eigenvalue weighted by molar-refractivity contribution is 0.0342. The second-order valence-electron chi connectivity index (χ2n) is 7.14. The molecule has 5 rings (SSSR count). The van der Waals surface area contributed by atoms with E-state index in [4.69, 9.17) is 19.3 Å². The minimum Gasteiger partial charge on any atom is -0.454 e. The van der Waals surface area contributed by atoms with Gasteiger partial charge >= 0.3 is 0 Å². The molecule has 0 aliphatic carbocycles. The van der Waals surface area contributed by atoms with Gasteiger partial charge in [0.2, 0.25) is 6.79 Å². The molecule has 0 unspecified atom stereocenters. The van der Waals surface area contributed by atoms with Crippen LogP contribution in [0.4, 0.5) is 0 Å². The maximum Gasteiger partial charge on any atom is 0.231 e. The van der Waals surface area contributed by atoms with Crippen LogP contribution in [0.2, 0.25) is 0 Å². The molecule has 2 aromatic carbocycles. The number of rotatable bonds is 5. The first-order valence-electron chi connectivity index (χ1n) is 9.65. The predicted molar refractivity (Wildman–Crippen MR) is 105 cm³/mol. The van der Waals surface area contributed by atoms with Crippen molar-refractivity contribution < 1.29 is 14.2 Å². The van der Waals surface area contributed by atoms with Gasteiger partial charge in [-0.05, 0) is 23.8 Å². The van der Waals surface area contributed by atoms with Gasteiger partial charge in [0.05, 0.1) is 25.5 Å². The van der Waals surface area contributed by atoms with Crippen LogP contribution in [0.5, 0.6) is 11.5 Å². The van der Waals surface area contributed by atoms with Crippen molar-refractivity contribution in [3.63, 3.8) is 0 Å². The highest BCUT2D eigenvalue weighted by Gasteiger charge is 2.20. The van der Waals surface area contributed by atoms with Gasteiger partial charge in [-0.15, -0.1) is 0 Å². The molecule has 0 saturated carbocycles. The summed E-state index contributed by atoms with van der Waals surface area (Å²) in [5.74, 6) is 1.58. The largest absolute Gasteiger partial charge is 0.454 e. The van der Waals surface area contributed by atoms with Crippen molar-refractivity contribution in [1.29, 1.82) is 0 Å². The molecule has 144 valence electrons. The first kappa shape index (κ1) is 17.3. The van der Waals surface area contributed by atoms with Gasteiger partial charge in [-0.2, -0.15) is 5.10 Å². The molecule has 3 heterocycles. The van der Waals surface area contributed by atoms with E-state index in [1.54, 1.807) is 0 Å². The molecule has 2 aliphatic heterocycles. The number of fused-ring (bicyclic) bond motifs is 1. The summed E-state index contributed by atoms with van der Waals surface area (Å²) in [4.78, 5) is 2.42. The van der Waals surface area contributed by atoms with Gasteiger partial charge < -0.3 is 14.2 Å². The lowest BCUT2D eigenvalue weighted by atomic mass is 10.1. The number of aromatic nitrogens is 2. The number of nitrogens with zero attached hydrogens (tertiary/aromatic N) is 3. The summed E-state index contributed by atoms with van der Waals surface area (Å²) in [6.45, 7) is 5.37. The Kier molecular flexibility index (Phi) is 4.72. The molecule has 1 saturated heterocycles. The Hall–Kier alpha value is -2.83. The highest BCUT2D eigenvalue weighted by Crippen LogP contribution is 2.36. The average molecular weight is 377 g/mol. The quantitative estimate of drug-likeness (QED) is 0.684. The molecule has 0 N–H and O–H groups in total. The summed E-state index contributed by atoms with van der Waals surface area (Å²) in [5.41, 5.74) is 4.51. The van der Waals surface area contributed by atoms with Crippen LogP contribution in [0.1, 0.15) is 11.1 Å². The summed E-state index contributed by atoms with van der Waals surface area (Å²) in [6, 6.07) is 16.5. The third-order valence-corrected chi connectivity index (χ3v) is 5.17. The van der Waals surface area contributed by atoms with Gasteiger partial charge in [0, 0.05) is 37.0 Å². The molecule has 6 nitrogen and oxygen atoms in total. The Morgan fingerprint density at radius 3 is 2.57 bits per heavy atom. The maximum atomic E-state index is 5.57. The zero-order valence-corrected chi connectivity index (χ0v) is 15.7. The van der Waals surface area contributed by atoms with Crippen molar-refractivity contribution in [3.05, 3.63) is 65.9 Å². The molecule has 0 amide bonds. The number of hydrogen-bond donors (Lipinski definition) is 0. The van der Waals surface area contributed by atoms with E-state index in [0.29, 0.717) is 0 Å². The highest BCUT2D eigenvalue weighted by atomic mass is 16.7. The molecule has 3 aromatic rings. The van der Waals surface area contributed by atoms with Crippen LogP contribution in [0.15, 0.2) is 54.7 Å². The van der Waals surface area contributed by atoms with E-state index in [2.05, 4.69) is 41.4 Å². The van der Waals surface area contributed by atoms with Crippen molar-refractivity contribution in [3.8, 4) is 22.8 Å². The standard InChI is InChI=1S/C22H23N3O3/c1-2-4-17(5-3-1)13-25-15-19(14-24-8-10-26-11-9-24)22(23-25)18-6-7-20-21(12-18)28-16-27-20/h1-7,12,15H,8-11,13-14,16H2. The monoisotopic (exact) mass is 377 g/mol. The van der Waals surface area contributed by atoms with E-state index in [1.165, 1.54) is 11.1 Å². The van der Waals surface area contributed by atoms with Gasteiger partial charge in [-0.25, -0.2) is 0 Å². The number of ether oxygens (including phenoxy) is 3. The second-order valence-corrected chi connectivity index (χ2v) is 7.14. The fourth-order valence-electron chi connectivity index (χ4n) is 3.72. The summed E-state index contributed by atoms with van der Waals surface area (Å²) < 4.78 is 18.6. The van der Waals surface area contributed by atoms with Crippen LogP contribution in [-0.2, 0) is 17.8 Å². The summed E-state index contributed by atoms with van der Waals surface area (Å²) in [7, 11) is 0. The molecular formula is C22H23N3O3. The van der Waals surface area contributed by atoms with Crippen molar-refractivity contribution in [2.75, 3.05) is 33.1 Å². The summed E-state index contributed by atoms with van der Waals surface area (Å²) in [6.07, 6.45) is 2.17. The van der Waals surface area contributed by atoms with Crippen LogP contribution < -0.4 is 9.47 Å². The minimum absolute atomic E-state index is 0.280. The Bertz CT molecular complexity index is 949. The van der Waals surface area contributed by atoms with Crippen LogP contribution in [0, 0.1) is 0 Å². The van der Waals surface area contributed by atoms with Crippen LogP contribution in [-0.4, -0.2) is 47.8 Å². The normalized spacial score (nSPS) is 16.4. The lowest BCUT2D eigenvalue weighted by Crippen LogP contribution is -2.35. The van der Waals surface area contributed by atoms with Gasteiger partial charge in [-0.3, -0.25) is 9.58 Å².